The van der Waals surface area contributed by atoms with Crippen molar-refractivity contribution in [2.75, 3.05) is 4.31 Å². The summed E-state index contributed by atoms with van der Waals surface area (Å²) in [6.45, 7) is 1.90. The molecule has 0 radical (unpaired) electrons. The summed E-state index contributed by atoms with van der Waals surface area (Å²) in [6, 6.07) is 15.4. The van der Waals surface area contributed by atoms with Gasteiger partial charge < -0.3 is 5.11 Å². The number of anilines is 1. The second-order valence-electron chi connectivity index (χ2n) is 7.13. The van der Waals surface area contributed by atoms with Crippen molar-refractivity contribution in [3.8, 4) is 0 Å². The highest BCUT2D eigenvalue weighted by Crippen LogP contribution is 2.40. The molecule has 0 bridgehead atoms. The normalized spacial score (nSPS) is 19.2. The number of carboxylic acid groups (broad SMARTS) is 1. The molecule has 1 aromatic heterocycles. The molecule has 28 heavy (non-hydrogen) atoms. The molecular weight excluding hydrogens is 376 g/mol. The molecule has 1 heterocycles. The van der Waals surface area contributed by atoms with Crippen molar-refractivity contribution in [1.82, 2.24) is 4.98 Å². The second kappa shape index (κ2) is 6.91. The van der Waals surface area contributed by atoms with Crippen LogP contribution in [0, 0.1) is 12.8 Å². The van der Waals surface area contributed by atoms with Gasteiger partial charge in [0, 0.05) is 17.6 Å². The molecule has 0 spiro atoms. The first-order valence-corrected chi connectivity index (χ1v) is 10.5. The average molecular weight is 396 g/mol. The highest BCUT2D eigenvalue weighted by Gasteiger charge is 2.43. The van der Waals surface area contributed by atoms with Gasteiger partial charge in [-0.25, -0.2) is 8.42 Å². The molecule has 1 aliphatic carbocycles. The summed E-state index contributed by atoms with van der Waals surface area (Å²) in [4.78, 5) is 15.9. The Kier molecular flexibility index (Phi) is 4.55. The first kappa shape index (κ1) is 18.4. The number of carboxylic acids is 1. The van der Waals surface area contributed by atoms with E-state index >= 15 is 0 Å². The summed E-state index contributed by atoms with van der Waals surface area (Å²) in [6.07, 6.45) is 2.19. The third-order valence-electron chi connectivity index (χ3n) is 5.22. The Balaban J connectivity index is 1.85. The van der Waals surface area contributed by atoms with E-state index < -0.39 is 28.0 Å². The number of hydrogen-bond donors (Lipinski definition) is 1. The number of sulfonamides is 1. The maximum absolute atomic E-state index is 13.5. The van der Waals surface area contributed by atoms with E-state index in [0.717, 1.165) is 10.9 Å². The van der Waals surface area contributed by atoms with Gasteiger partial charge in [0.2, 0.25) is 0 Å². The van der Waals surface area contributed by atoms with E-state index in [2.05, 4.69) is 4.98 Å². The van der Waals surface area contributed by atoms with Gasteiger partial charge in [-0.05, 0) is 44.0 Å². The SMILES string of the molecule is Cc1ccc(S(=O)(=O)N(c2cccc3cccnc23)C2CC(C(=O)O)C2)cc1. The Hall–Kier alpha value is -2.93. The molecule has 144 valence electrons. The van der Waals surface area contributed by atoms with Gasteiger partial charge in [0.05, 0.1) is 22.0 Å². The van der Waals surface area contributed by atoms with Gasteiger partial charge in [-0.15, -0.1) is 0 Å². The van der Waals surface area contributed by atoms with Crippen LogP contribution in [0.25, 0.3) is 10.9 Å². The van der Waals surface area contributed by atoms with Crippen molar-refractivity contribution in [2.24, 2.45) is 5.92 Å². The number of aryl methyl sites for hydroxylation is 1. The van der Waals surface area contributed by atoms with Crippen molar-refractivity contribution in [2.45, 2.75) is 30.7 Å². The zero-order valence-corrected chi connectivity index (χ0v) is 16.1. The summed E-state index contributed by atoms with van der Waals surface area (Å²) < 4.78 is 28.5. The molecule has 7 heteroatoms. The number of aliphatic carboxylic acids is 1. The van der Waals surface area contributed by atoms with Crippen LogP contribution in [0.4, 0.5) is 5.69 Å². The van der Waals surface area contributed by atoms with Crippen molar-refractivity contribution >= 4 is 32.6 Å². The summed E-state index contributed by atoms with van der Waals surface area (Å²) in [7, 11) is -3.87. The summed E-state index contributed by atoms with van der Waals surface area (Å²) in [5.41, 5.74) is 2.03. The quantitative estimate of drug-likeness (QED) is 0.712. The number of carbonyl (C=O) groups is 1. The van der Waals surface area contributed by atoms with Gasteiger partial charge >= 0.3 is 5.97 Å². The van der Waals surface area contributed by atoms with Crippen LogP contribution in [-0.2, 0) is 14.8 Å². The maximum atomic E-state index is 13.5. The van der Waals surface area contributed by atoms with Gasteiger partial charge in [0.15, 0.2) is 0 Å². The van der Waals surface area contributed by atoms with E-state index in [1.54, 1.807) is 48.7 Å². The molecule has 6 nitrogen and oxygen atoms in total. The smallest absolute Gasteiger partial charge is 0.306 e. The third kappa shape index (κ3) is 3.11. The molecule has 1 fully saturated rings. The third-order valence-corrected chi connectivity index (χ3v) is 7.10. The fourth-order valence-electron chi connectivity index (χ4n) is 3.59. The molecule has 0 atom stereocenters. The molecule has 2 aromatic carbocycles. The lowest BCUT2D eigenvalue weighted by atomic mass is 9.80. The minimum Gasteiger partial charge on any atom is -0.481 e. The minimum absolute atomic E-state index is 0.185. The van der Waals surface area contributed by atoms with Gasteiger partial charge in [0.25, 0.3) is 10.0 Å². The summed E-state index contributed by atoms with van der Waals surface area (Å²) >= 11 is 0. The van der Waals surface area contributed by atoms with Crippen LogP contribution in [0.5, 0.6) is 0 Å². The van der Waals surface area contributed by atoms with Crippen LogP contribution in [0.15, 0.2) is 65.7 Å². The molecule has 0 aliphatic heterocycles. The monoisotopic (exact) mass is 396 g/mol. The Labute approximate surface area is 163 Å². The maximum Gasteiger partial charge on any atom is 0.306 e. The Morgan fingerprint density at radius 3 is 2.43 bits per heavy atom. The Morgan fingerprint density at radius 1 is 1.07 bits per heavy atom. The fraction of sp³-hybridized carbons (Fsp3) is 0.238. The van der Waals surface area contributed by atoms with E-state index in [0.29, 0.717) is 11.2 Å². The van der Waals surface area contributed by atoms with E-state index in [4.69, 9.17) is 0 Å². The van der Waals surface area contributed by atoms with E-state index in [-0.39, 0.29) is 17.7 Å². The molecule has 1 aliphatic rings. The zero-order chi connectivity index (χ0) is 19.9. The molecular formula is C21H20N2O4S. The lowest BCUT2D eigenvalue weighted by Crippen LogP contribution is -2.50. The first-order chi connectivity index (χ1) is 13.4. The number of pyridine rings is 1. The predicted molar refractivity (Wildman–Crippen MR) is 107 cm³/mol. The standard InChI is InChI=1S/C21H20N2O4S/c1-14-7-9-18(10-8-14)28(26,27)23(17-12-16(13-17)21(24)25)19-6-2-4-15-5-3-11-22-20(15)19/h2-11,16-17H,12-13H2,1H3,(H,24,25). The van der Waals surface area contributed by atoms with Crippen LogP contribution in [0.2, 0.25) is 0 Å². The van der Waals surface area contributed by atoms with Crippen molar-refractivity contribution in [1.29, 1.82) is 0 Å². The summed E-state index contributed by atoms with van der Waals surface area (Å²) in [5, 5.41) is 10.1. The summed E-state index contributed by atoms with van der Waals surface area (Å²) in [5.74, 6) is -1.41. The minimum atomic E-state index is -3.87. The number of aromatic nitrogens is 1. The first-order valence-electron chi connectivity index (χ1n) is 9.05. The van der Waals surface area contributed by atoms with Crippen molar-refractivity contribution in [3.63, 3.8) is 0 Å². The average Bonchev–Trinajstić information content (AvgIpc) is 2.64. The zero-order valence-electron chi connectivity index (χ0n) is 15.3. The van der Waals surface area contributed by atoms with Gasteiger partial charge in [0.1, 0.15) is 0 Å². The lowest BCUT2D eigenvalue weighted by Gasteiger charge is -2.41. The number of fused-ring (bicyclic) bond motifs is 1. The topological polar surface area (TPSA) is 87.6 Å². The molecule has 3 aromatic rings. The Bertz CT molecular complexity index is 1130. The molecule has 0 unspecified atom stereocenters. The van der Waals surface area contributed by atoms with Crippen molar-refractivity contribution < 1.29 is 18.3 Å². The second-order valence-corrected chi connectivity index (χ2v) is 8.94. The van der Waals surface area contributed by atoms with Gasteiger partial charge in [-0.2, -0.15) is 0 Å². The number of hydrogen-bond acceptors (Lipinski definition) is 4. The highest BCUT2D eigenvalue weighted by molar-refractivity contribution is 7.92. The fourth-order valence-corrected chi connectivity index (χ4v) is 5.27. The number of benzene rings is 2. The highest BCUT2D eigenvalue weighted by atomic mass is 32.2. The van der Waals surface area contributed by atoms with E-state index in [9.17, 15) is 18.3 Å². The van der Waals surface area contributed by atoms with Crippen LogP contribution in [0.3, 0.4) is 0 Å². The van der Waals surface area contributed by atoms with E-state index in [1.165, 1.54) is 4.31 Å². The molecule has 1 saturated carbocycles. The van der Waals surface area contributed by atoms with E-state index in [1.807, 2.05) is 19.1 Å². The molecule has 1 N–H and O–H groups in total. The van der Waals surface area contributed by atoms with Crippen LogP contribution in [0.1, 0.15) is 18.4 Å². The van der Waals surface area contributed by atoms with Crippen molar-refractivity contribution in [3.05, 3.63) is 66.4 Å². The number of nitrogens with zero attached hydrogens (tertiary/aromatic N) is 2. The molecule has 0 saturated heterocycles. The van der Waals surface area contributed by atoms with Gasteiger partial charge in [-0.1, -0.05) is 35.9 Å². The predicted octanol–water partition coefficient (Wildman–Crippen LogP) is 3.60. The number of para-hydroxylation sites is 1. The largest absolute Gasteiger partial charge is 0.481 e. The number of rotatable bonds is 5. The van der Waals surface area contributed by atoms with Crippen LogP contribution >= 0.6 is 0 Å². The van der Waals surface area contributed by atoms with Gasteiger partial charge in [-0.3, -0.25) is 14.1 Å². The lowest BCUT2D eigenvalue weighted by molar-refractivity contribution is -0.144. The Morgan fingerprint density at radius 2 is 1.75 bits per heavy atom. The molecule has 4 rings (SSSR count). The molecule has 0 amide bonds. The van der Waals surface area contributed by atoms with Crippen LogP contribution in [-0.4, -0.2) is 30.5 Å². The van der Waals surface area contributed by atoms with Crippen LogP contribution < -0.4 is 4.31 Å².